The zero-order chi connectivity index (χ0) is 15.7. The molecule has 2 heterocycles. The number of rotatable bonds is 3. The first-order chi connectivity index (χ1) is 10.4. The van der Waals surface area contributed by atoms with Gasteiger partial charge in [-0.3, -0.25) is 9.48 Å². The number of hydrogen-bond donors (Lipinski definition) is 0. The second-order valence-corrected chi connectivity index (χ2v) is 5.24. The SMILES string of the molecule is O=C(c1ccccc1C(F)(F)F)N1CC(Cn2ccnn2)C1. The van der Waals surface area contributed by atoms with E-state index in [1.165, 1.54) is 23.1 Å². The van der Waals surface area contributed by atoms with Gasteiger partial charge in [-0.15, -0.1) is 5.10 Å². The van der Waals surface area contributed by atoms with E-state index < -0.39 is 17.6 Å². The van der Waals surface area contributed by atoms with Crippen molar-refractivity contribution in [3.05, 3.63) is 47.8 Å². The first-order valence-electron chi connectivity index (χ1n) is 6.75. The molecule has 3 rings (SSSR count). The number of aromatic nitrogens is 3. The standard InChI is InChI=1S/C14H13F3N4O/c15-14(16,17)12-4-2-1-3-11(12)13(22)20-7-10(8-20)9-21-6-5-18-19-21/h1-6,10H,7-9H2. The quantitative estimate of drug-likeness (QED) is 0.872. The summed E-state index contributed by atoms with van der Waals surface area (Å²) in [5, 5.41) is 7.51. The normalized spacial score (nSPS) is 15.7. The molecule has 1 aromatic carbocycles. The smallest absolute Gasteiger partial charge is 0.338 e. The number of halogens is 3. The molecule has 0 saturated carbocycles. The van der Waals surface area contributed by atoms with Crippen molar-refractivity contribution < 1.29 is 18.0 Å². The van der Waals surface area contributed by atoms with Gasteiger partial charge in [-0.1, -0.05) is 17.3 Å². The van der Waals surface area contributed by atoms with Gasteiger partial charge in [0.2, 0.25) is 0 Å². The lowest BCUT2D eigenvalue weighted by Gasteiger charge is -2.39. The van der Waals surface area contributed by atoms with Crippen LogP contribution in [0.2, 0.25) is 0 Å². The van der Waals surface area contributed by atoms with E-state index in [4.69, 9.17) is 0 Å². The minimum atomic E-state index is -4.53. The third-order valence-electron chi connectivity index (χ3n) is 3.62. The topological polar surface area (TPSA) is 51.0 Å². The molecule has 1 fully saturated rings. The van der Waals surface area contributed by atoms with Crippen molar-refractivity contribution in [1.82, 2.24) is 19.9 Å². The Morgan fingerprint density at radius 2 is 2.00 bits per heavy atom. The van der Waals surface area contributed by atoms with Crippen LogP contribution in [0.25, 0.3) is 0 Å². The van der Waals surface area contributed by atoms with Crippen molar-refractivity contribution >= 4 is 5.91 Å². The van der Waals surface area contributed by atoms with E-state index in [0.29, 0.717) is 19.6 Å². The first kappa shape index (κ1) is 14.6. The lowest BCUT2D eigenvalue weighted by molar-refractivity contribution is -0.138. The third kappa shape index (κ3) is 2.81. The van der Waals surface area contributed by atoms with Gasteiger partial charge in [0.25, 0.3) is 5.91 Å². The second kappa shape index (κ2) is 5.43. The van der Waals surface area contributed by atoms with E-state index in [-0.39, 0.29) is 11.5 Å². The molecule has 0 radical (unpaired) electrons. The molecule has 0 spiro atoms. The fraction of sp³-hybridized carbons (Fsp3) is 0.357. The molecule has 0 N–H and O–H groups in total. The lowest BCUT2D eigenvalue weighted by atomic mass is 9.97. The molecule has 0 aliphatic carbocycles. The fourth-order valence-corrected chi connectivity index (χ4v) is 2.53. The van der Waals surface area contributed by atoms with E-state index in [2.05, 4.69) is 10.3 Å². The highest BCUT2D eigenvalue weighted by molar-refractivity contribution is 5.96. The number of nitrogens with zero attached hydrogens (tertiary/aromatic N) is 4. The molecule has 0 atom stereocenters. The Bertz CT molecular complexity index is 663. The largest absolute Gasteiger partial charge is 0.417 e. The van der Waals surface area contributed by atoms with Crippen LogP contribution in [0.15, 0.2) is 36.7 Å². The number of alkyl halides is 3. The van der Waals surface area contributed by atoms with Crippen LogP contribution < -0.4 is 0 Å². The number of carbonyl (C=O) groups excluding carboxylic acids is 1. The average molecular weight is 310 g/mol. The second-order valence-electron chi connectivity index (χ2n) is 5.24. The molecule has 1 aliphatic rings. The third-order valence-corrected chi connectivity index (χ3v) is 3.62. The van der Waals surface area contributed by atoms with Crippen LogP contribution in [-0.4, -0.2) is 38.9 Å². The Morgan fingerprint density at radius 3 is 2.64 bits per heavy atom. The van der Waals surface area contributed by atoms with Gasteiger partial charge in [0.05, 0.1) is 17.3 Å². The van der Waals surface area contributed by atoms with Crippen molar-refractivity contribution in [3.63, 3.8) is 0 Å². The van der Waals surface area contributed by atoms with E-state index in [1.807, 2.05) is 0 Å². The van der Waals surface area contributed by atoms with Crippen LogP contribution in [0, 0.1) is 5.92 Å². The van der Waals surface area contributed by atoms with Crippen LogP contribution in [0.4, 0.5) is 13.2 Å². The van der Waals surface area contributed by atoms with Gasteiger partial charge in [0.1, 0.15) is 0 Å². The predicted octanol–water partition coefficient (Wildman–Crippen LogP) is 2.07. The van der Waals surface area contributed by atoms with E-state index >= 15 is 0 Å². The first-order valence-corrected chi connectivity index (χ1v) is 6.75. The lowest BCUT2D eigenvalue weighted by Crippen LogP contribution is -2.51. The summed E-state index contributed by atoms with van der Waals surface area (Å²) in [5.41, 5.74) is -1.19. The van der Waals surface area contributed by atoms with Crippen molar-refractivity contribution in [2.45, 2.75) is 12.7 Å². The highest BCUT2D eigenvalue weighted by Crippen LogP contribution is 2.33. The summed E-state index contributed by atoms with van der Waals surface area (Å²) in [4.78, 5) is 13.7. The molecule has 22 heavy (non-hydrogen) atoms. The molecular weight excluding hydrogens is 297 g/mol. The monoisotopic (exact) mass is 310 g/mol. The summed E-state index contributed by atoms with van der Waals surface area (Å²) in [7, 11) is 0. The number of carbonyl (C=O) groups is 1. The number of hydrogen-bond acceptors (Lipinski definition) is 3. The number of benzene rings is 1. The maximum absolute atomic E-state index is 12.9. The molecule has 1 amide bonds. The average Bonchev–Trinajstić information content (AvgIpc) is 2.94. The van der Waals surface area contributed by atoms with Gasteiger partial charge in [-0.25, -0.2) is 0 Å². The van der Waals surface area contributed by atoms with Crippen LogP contribution in [-0.2, 0) is 12.7 Å². The van der Waals surface area contributed by atoms with Gasteiger partial charge >= 0.3 is 6.18 Å². The molecule has 1 aliphatic heterocycles. The molecule has 1 saturated heterocycles. The van der Waals surface area contributed by atoms with E-state index in [1.54, 1.807) is 17.1 Å². The molecule has 2 aromatic rings. The van der Waals surface area contributed by atoms with Gasteiger partial charge in [0, 0.05) is 31.7 Å². The molecule has 1 aromatic heterocycles. The molecule has 8 heteroatoms. The Balaban J connectivity index is 1.67. The Kier molecular flexibility index (Phi) is 3.59. The maximum atomic E-state index is 12.9. The van der Waals surface area contributed by atoms with Gasteiger partial charge in [-0.2, -0.15) is 13.2 Å². The van der Waals surface area contributed by atoms with Gasteiger partial charge in [-0.05, 0) is 12.1 Å². The minimum Gasteiger partial charge on any atom is -0.338 e. The number of amides is 1. The predicted molar refractivity (Wildman–Crippen MR) is 70.9 cm³/mol. The molecule has 5 nitrogen and oxygen atoms in total. The summed E-state index contributed by atoms with van der Waals surface area (Å²) in [6.45, 7) is 1.44. The van der Waals surface area contributed by atoms with E-state index in [9.17, 15) is 18.0 Å². The van der Waals surface area contributed by atoms with E-state index in [0.717, 1.165) is 6.07 Å². The summed E-state index contributed by atoms with van der Waals surface area (Å²) in [6, 6.07) is 4.87. The molecule has 116 valence electrons. The summed E-state index contributed by atoms with van der Waals surface area (Å²) >= 11 is 0. The highest BCUT2D eigenvalue weighted by atomic mass is 19.4. The summed E-state index contributed by atoms with van der Waals surface area (Å²) in [5.74, 6) is -0.397. The van der Waals surface area contributed by atoms with Crippen molar-refractivity contribution in [2.24, 2.45) is 5.92 Å². The molecule has 0 unspecified atom stereocenters. The molecule has 0 bridgehead atoms. The number of likely N-dealkylation sites (tertiary alicyclic amines) is 1. The van der Waals surface area contributed by atoms with Crippen molar-refractivity contribution in [1.29, 1.82) is 0 Å². The van der Waals surface area contributed by atoms with Gasteiger partial charge < -0.3 is 4.90 Å². The minimum absolute atomic E-state index is 0.184. The molecular formula is C14H13F3N4O. The zero-order valence-corrected chi connectivity index (χ0v) is 11.5. The van der Waals surface area contributed by atoms with Crippen LogP contribution in [0.3, 0.4) is 0 Å². The summed E-state index contributed by atoms with van der Waals surface area (Å²) < 4.78 is 40.4. The highest BCUT2D eigenvalue weighted by Gasteiger charge is 2.38. The Morgan fingerprint density at radius 1 is 1.27 bits per heavy atom. The van der Waals surface area contributed by atoms with Crippen molar-refractivity contribution in [3.8, 4) is 0 Å². The van der Waals surface area contributed by atoms with Crippen LogP contribution in [0.5, 0.6) is 0 Å². The maximum Gasteiger partial charge on any atom is 0.417 e. The van der Waals surface area contributed by atoms with Crippen LogP contribution in [0.1, 0.15) is 15.9 Å². The van der Waals surface area contributed by atoms with Gasteiger partial charge in [0.15, 0.2) is 0 Å². The summed E-state index contributed by atoms with van der Waals surface area (Å²) in [6.07, 6.45) is -1.26. The van der Waals surface area contributed by atoms with Crippen molar-refractivity contribution in [2.75, 3.05) is 13.1 Å². The van der Waals surface area contributed by atoms with Crippen LogP contribution >= 0.6 is 0 Å². The Labute approximate surface area is 124 Å². The Hall–Kier alpha value is -2.38. The fourth-order valence-electron chi connectivity index (χ4n) is 2.53. The zero-order valence-electron chi connectivity index (χ0n) is 11.5.